The van der Waals surface area contributed by atoms with Gasteiger partial charge in [0, 0.05) is 23.8 Å². The Hall–Kier alpha value is -2.46. The van der Waals surface area contributed by atoms with Gasteiger partial charge in [-0.2, -0.15) is 0 Å². The van der Waals surface area contributed by atoms with Gasteiger partial charge < -0.3 is 5.73 Å². The highest BCUT2D eigenvalue weighted by molar-refractivity contribution is 6.30. The second kappa shape index (κ2) is 14.5. The first kappa shape index (κ1) is 27.5. The summed E-state index contributed by atoms with van der Waals surface area (Å²) in [6.07, 6.45) is 3.57. The number of nitrogens with zero attached hydrogens (tertiary/aromatic N) is 1. The average Bonchev–Trinajstić information content (AvgIpc) is 2.68. The number of hydrogen-bond donors (Lipinski definition) is 1. The summed E-state index contributed by atoms with van der Waals surface area (Å²) < 4.78 is 24.9. The Kier molecular flexibility index (Phi) is 13.3. The quantitative estimate of drug-likeness (QED) is 0.506. The van der Waals surface area contributed by atoms with Gasteiger partial charge in [0.25, 0.3) is 0 Å². The topological polar surface area (TPSA) is 38.4 Å². The molecular weight excluding hydrogens is 402 g/mol. The Bertz CT molecular complexity index is 883. The Labute approximate surface area is 185 Å². The molecule has 2 N–H and O–H groups in total. The van der Waals surface area contributed by atoms with Crippen LogP contribution in [0, 0.1) is 18.6 Å². The molecule has 0 bridgehead atoms. The SMILES string of the molecule is C=C(N)C(C=C(C)C)=NC.CCc1cc(Cl)ccc1C.CCc1ccc(F)cc1F. The van der Waals surface area contributed by atoms with Gasteiger partial charge in [-0.3, -0.25) is 4.99 Å². The average molecular weight is 435 g/mol. The molecule has 0 unspecified atom stereocenters. The summed E-state index contributed by atoms with van der Waals surface area (Å²) in [4.78, 5) is 3.94. The predicted octanol–water partition coefficient (Wildman–Crippen LogP) is 7.23. The summed E-state index contributed by atoms with van der Waals surface area (Å²) in [6.45, 7) is 13.6. The van der Waals surface area contributed by atoms with Crippen molar-refractivity contribution in [2.45, 2.75) is 47.5 Å². The highest BCUT2D eigenvalue weighted by Gasteiger charge is 1.99. The van der Waals surface area contributed by atoms with Gasteiger partial charge in [0.1, 0.15) is 11.6 Å². The first-order valence-corrected chi connectivity index (χ1v) is 10.2. The molecule has 0 atom stereocenters. The smallest absolute Gasteiger partial charge is 0.129 e. The van der Waals surface area contributed by atoms with Crippen LogP contribution in [-0.2, 0) is 12.8 Å². The Balaban J connectivity index is 0.000000420. The van der Waals surface area contributed by atoms with E-state index in [9.17, 15) is 8.78 Å². The maximum Gasteiger partial charge on any atom is 0.129 e. The van der Waals surface area contributed by atoms with Gasteiger partial charge in [-0.15, -0.1) is 0 Å². The minimum Gasteiger partial charge on any atom is -0.397 e. The zero-order valence-corrected chi connectivity index (χ0v) is 19.6. The van der Waals surface area contributed by atoms with E-state index in [4.69, 9.17) is 17.3 Å². The molecule has 0 heterocycles. The second-order valence-corrected chi connectivity index (χ2v) is 7.31. The lowest BCUT2D eigenvalue weighted by Crippen LogP contribution is -2.07. The highest BCUT2D eigenvalue weighted by Crippen LogP contribution is 2.15. The number of rotatable bonds is 4. The number of benzene rings is 2. The van der Waals surface area contributed by atoms with E-state index in [2.05, 4.69) is 31.5 Å². The molecule has 0 saturated heterocycles. The molecule has 0 amide bonds. The zero-order valence-electron chi connectivity index (χ0n) is 18.8. The van der Waals surface area contributed by atoms with Crippen LogP contribution in [0.3, 0.4) is 0 Å². The third-order valence-corrected chi connectivity index (χ3v) is 4.32. The van der Waals surface area contributed by atoms with E-state index in [0.29, 0.717) is 17.7 Å². The van der Waals surface area contributed by atoms with Crippen LogP contribution < -0.4 is 5.73 Å². The van der Waals surface area contributed by atoms with Crippen LogP contribution in [-0.4, -0.2) is 12.8 Å². The van der Waals surface area contributed by atoms with Gasteiger partial charge in [0.15, 0.2) is 0 Å². The van der Waals surface area contributed by atoms with Gasteiger partial charge in [0.2, 0.25) is 0 Å². The predicted molar refractivity (Wildman–Crippen MR) is 127 cm³/mol. The molecule has 0 aromatic heterocycles. The summed E-state index contributed by atoms with van der Waals surface area (Å²) in [5, 5.41) is 0.836. The fraction of sp³-hybridized carbons (Fsp3) is 0.320. The second-order valence-electron chi connectivity index (χ2n) is 6.87. The monoisotopic (exact) mass is 434 g/mol. The van der Waals surface area contributed by atoms with Crippen molar-refractivity contribution in [1.29, 1.82) is 0 Å². The number of nitrogens with two attached hydrogens (primary N) is 1. The molecule has 2 aromatic rings. The largest absolute Gasteiger partial charge is 0.397 e. The zero-order chi connectivity index (χ0) is 23.3. The lowest BCUT2D eigenvalue weighted by atomic mass is 10.1. The van der Waals surface area contributed by atoms with E-state index < -0.39 is 11.6 Å². The van der Waals surface area contributed by atoms with Crippen molar-refractivity contribution in [2.24, 2.45) is 10.7 Å². The first-order chi connectivity index (χ1) is 14.0. The number of aliphatic imine (C=N–C) groups is 1. The number of hydrogen-bond acceptors (Lipinski definition) is 2. The maximum absolute atomic E-state index is 12.6. The van der Waals surface area contributed by atoms with Crippen LogP contribution in [0.15, 0.2) is 65.3 Å². The molecule has 0 spiro atoms. The van der Waals surface area contributed by atoms with Crippen molar-refractivity contribution in [3.8, 4) is 0 Å². The molecule has 0 saturated carbocycles. The number of allylic oxidation sites excluding steroid dienone is 2. The third kappa shape index (κ3) is 10.9. The van der Waals surface area contributed by atoms with E-state index in [1.54, 1.807) is 7.05 Å². The van der Waals surface area contributed by atoms with Crippen molar-refractivity contribution in [2.75, 3.05) is 7.05 Å². The maximum atomic E-state index is 12.6. The molecule has 2 rings (SSSR count). The molecule has 2 aromatic carbocycles. The number of aryl methyl sites for hydroxylation is 3. The summed E-state index contributed by atoms with van der Waals surface area (Å²) >= 11 is 5.80. The summed E-state index contributed by atoms with van der Waals surface area (Å²) in [5.41, 5.74) is 11.1. The molecule has 0 radical (unpaired) electrons. The summed E-state index contributed by atoms with van der Waals surface area (Å²) in [7, 11) is 1.70. The summed E-state index contributed by atoms with van der Waals surface area (Å²) in [5.74, 6) is -0.975. The molecule has 0 fully saturated rings. The van der Waals surface area contributed by atoms with Crippen LogP contribution >= 0.6 is 11.6 Å². The van der Waals surface area contributed by atoms with E-state index >= 15 is 0 Å². The van der Waals surface area contributed by atoms with E-state index in [-0.39, 0.29) is 0 Å². The normalized spacial score (nSPS) is 10.2. The van der Waals surface area contributed by atoms with Crippen LogP contribution in [0.5, 0.6) is 0 Å². The third-order valence-electron chi connectivity index (χ3n) is 4.08. The lowest BCUT2D eigenvalue weighted by molar-refractivity contribution is 0.573. The van der Waals surface area contributed by atoms with Crippen molar-refractivity contribution in [1.82, 2.24) is 0 Å². The van der Waals surface area contributed by atoms with Gasteiger partial charge >= 0.3 is 0 Å². The minimum absolute atomic E-state index is 0.456. The molecule has 30 heavy (non-hydrogen) atoms. The van der Waals surface area contributed by atoms with Crippen molar-refractivity contribution in [3.05, 3.63) is 93.7 Å². The van der Waals surface area contributed by atoms with Crippen molar-refractivity contribution in [3.63, 3.8) is 0 Å². The summed E-state index contributed by atoms with van der Waals surface area (Å²) in [6, 6.07) is 9.64. The fourth-order valence-electron chi connectivity index (χ4n) is 2.40. The minimum atomic E-state index is -0.519. The van der Waals surface area contributed by atoms with Gasteiger partial charge in [0.05, 0.1) is 5.71 Å². The van der Waals surface area contributed by atoms with Crippen molar-refractivity contribution < 1.29 is 8.78 Å². The van der Waals surface area contributed by atoms with E-state index in [0.717, 1.165) is 23.2 Å². The number of halogens is 3. The van der Waals surface area contributed by atoms with Crippen LogP contribution in [0.4, 0.5) is 8.78 Å². The Morgan fingerprint density at radius 3 is 2.03 bits per heavy atom. The molecule has 0 aliphatic rings. The molecule has 2 nitrogen and oxygen atoms in total. The standard InChI is InChI=1S/C9H11Cl.C8H8F2.C8H14N2/c1-3-8-6-9(10)5-4-7(8)2;1-2-6-3-4-7(9)5-8(6)10;1-6(2)5-8(10-4)7(3)9/h4-6H,3H2,1-2H3;3-5H,2H2,1H3;5H,3,9H2,1-2,4H3. The van der Waals surface area contributed by atoms with E-state index in [1.165, 1.54) is 28.8 Å². The van der Waals surface area contributed by atoms with Crippen molar-refractivity contribution >= 4 is 17.3 Å². The van der Waals surface area contributed by atoms with Gasteiger partial charge in [-0.1, -0.05) is 49.7 Å². The molecular formula is C25H33ClF2N2. The first-order valence-electron chi connectivity index (χ1n) is 9.80. The molecule has 0 aliphatic carbocycles. The van der Waals surface area contributed by atoms with Crippen LogP contribution in [0.1, 0.15) is 44.4 Å². The van der Waals surface area contributed by atoms with E-state index in [1.807, 2.05) is 39.0 Å². The molecule has 0 aliphatic heterocycles. The van der Waals surface area contributed by atoms with Gasteiger partial charge in [-0.25, -0.2) is 8.78 Å². The Morgan fingerprint density at radius 1 is 1.07 bits per heavy atom. The van der Waals surface area contributed by atoms with Crippen LogP contribution in [0.25, 0.3) is 0 Å². The lowest BCUT2D eigenvalue weighted by Gasteiger charge is -2.01. The Morgan fingerprint density at radius 2 is 1.67 bits per heavy atom. The van der Waals surface area contributed by atoms with Gasteiger partial charge in [-0.05, 0) is 74.6 Å². The molecule has 164 valence electrons. The highest BCUT2D eigenvalue weighted by atomic mass is 35.5. The fourth-order valence-corrected chi connectivity index (χ4v) is 2.60. The molecule has 5 heteroatoms. The van der Waals surface area contributed by atoms with Crippen LogP contribution in [0.2, 0.25) is 5.02 Å².